The molecule has 1 aromatic carbocycles. The number of anilines is 1. The van der Waals surface area contributed by atoms with Crippen molar-refractivity contribution in [2.24, 2.45) is 0 Å². The molecule has 2 heterocycles. The van der Waals surface area contributed by atoms with Gasteiger partial charge in [0, 0.05) is 22.7 Å². The summed E-state index contributed by atoms with van der Waals surface area (Å²) in [5, 5.41) is 13.7. The van der Waals surface area contributed by atoms with Crippen LogP contribution in [0.25, 0.3) is 0 Å². The Morgan fingerprint density at radius 1 is 1.47 bits per heavy atom. The van der Waals surface area contributed by atoms with E-state index in [0.29, 0.717) is 6.61 Å². The number of rotatable bonds is 0. The quantitative estimate of drug-likeness (QED) is 0.709. The molecule has 3 rings (SSSR count). The van der Waals surface area contributed by atoms with Crippen LogP contribution in [0.3, 0.4) is 0 Å². The molecule has 0 radical (unpaired) electrons. The first-order chi connectivity index (χ1) is 7.24. The number of halogens is 1. The van der Waals surface area contributed by atoms with E-state index >= 15 is 0 Å². The minimum absolute atomic E-state index is 0.0772. The van der Waals surface area contributed by atoms with Crippen LogP contribution in [0.15, 0.2) is 18.2 Å². The number of aliphatic hydroxyl groups excluding tert-OH is 1. The highest BCUT2D eigenvalue weighted by Gasteiger charge is 2.36. The Balaban J connectivity index is 2.03. The van der Waals surface area contributed by atoms with Crippen LogP contribution in [0.4, 0.5) is 5.69 Å². The fourth-order valence-electron chi connectivity index (χ4n) is 2.29. The maximum absolute atomic E-state index is 9.69. The van der Waals surface area contributed by atoms with Crippen LogP contribution in [0, 0.1) is 0 Å². The van der Waals surface area contributed by atoms with Gasteiger partial charge in [-0.2, -0.15) is 0 Å². The van der Waals surface area contributed by atoms with Crippen LogP contribution >= 0.6 is 11.6 Å². The third-order valence-corrected chi connectivity index (χ3v) is 3.34. The predicted octanol–water partition coefficient (Wildman–Crippen LogP) is 1.96. The Labute approximate surface area is 93.0 Å². The number of hydrogen-bond donors (Lipinski definition) is 2. The molecule has 1 saturated heterocycles. The molecule has 3 nitrogen and oxygen atoms in total. The van der Waals surface area contributed by atoms with Gasteiger partial charge in [-0.15, -0.1) is 0 Å². The molecule has 2 aliphatic rings. The molecule has 1 aromatic rings. The van der Waals surface area contributed by atoms with Crippen LogP contribution in [0.1, 0.15) is 18.1 Å². The van der Waals surface area contributed by atoms with E-state index in [4.69, 9.17) is 16.3 Å². The van der Waals surface area contributed by atoms with Crippen molar-refractivity contribution in [1.29, 1.82) is 0 Å². The molecule has 0 aromatic heterocycles. The SMILES string of the molecule is O[C@H]1CO[C@@H]2C[C@H]1Nc1ccc(Cl)cc12. The van der Waals surface area contributed by atoms with Crippen molar-refractivity contribution in [3.8, 4) is 0 Å². The summed E-state index contributed by atoms with van der Waals surface area (Å²) in [6.07, 6.45) is 0.479. The highest BCUT2D eigenvalue weighted by Crippen LogP contribution is 2.39. The fourth-order valence-corrected chi connectivity index (χ4v) is 2.47. The first kappa shape index (κ1) is 9.46. The summed E-state index contributed by atoms with van der Waals surface area (Å²) >= 11 is 5.95. The average Bonchev–Trinajstić information content (AvgIpc) is 2.24. The van der Waals surface area contributed by atoms with Gasteiger partial charge in [0.25, 0.3) is 0 Å². The van der Waals surface area contributed by atoms with Gasteiger partial charge in [-0.05, 0) is 18.2 Å². The lowest BCUT2D eigenvalue weighted by Gasteiger charge is -2.40. The van der Waals surface area contributed by atoms with Crippen LogP contribution in [-0.4, -0.2) is 23.9 Å². The topological polar surface area (TPSA) is 41.5 Å². The smallest absolute Gasteiger partial charge is 0.0975 e. The Kier molecular flexibility index (Phi) is 2.12. The monoisotopic (exact) mass is 225 g/mol. The van der Waals surface area contributed by atoms with Crippen molar-refractivity contribution in [1.82, 2.24) is 0 Å². The maximum atomic E-state index is 9.69. The van der Waals surface area contributed by atoms with Gasteiger partial charge < -0.3 is 15.2 Å². The predicted molar refractivity (Wildman–Crippen MR) is 58.2 cm³/mol. The zero-order valence-electron chi connectivity index (χ0n) is 8.11. The van der Waals surface area contributed by atoms with Crippen molar-refractivity contribution in [2.75, 3.05) is 11.9 Å². The Morgan fingerprint density at radius 3 is 3.20 bits per heavy atom. The number of ether oxygens (including phenoxy) is 1. The molecule has 2 aliphatic heterocycles. The van der Waals surface area contributed by atoms with E-state index in [9.17, 15) is 5.11 Å². The zero-order valence-corrected chi connectivity index (χ0v) is 8.87. The third kappa shape index (κ3) is 1.51. The van der Waals surface area contributed by atoms with E-state index in [1.54, 1.807) is 0 Å². The molecular formula is C11H12ClNO2. The highest BCUT2D eigenvalue weighted by atomic mass is 35.5. The maximum Gasteiger partial charge on any atom is 0.0975 e. The summed E-state index contributed by atoms with van der Waals surface area (Å²) in [6, 6.07) is 5.83. The minimum Gasteiger partial charge on any atom is -0.389 e. The van der Waals surface area contributed by atoms with E-state index in [2.05, 4.69) is 5.32 Å². The van der Waals surface area contributed by atoms with Gasteiger partial charge in [0.2, 0.25) is 0 Å². The van der Waals surface area contributed by atoms with Gasteiger partial charge in [0.15, 0.2) is 0 Å². The number of hydrogen-bond acceptors (Lipinski definition) is 3. The standard InChI is InChI=1S/C11H12ClNO2/c12-6-1-2-8-7(3-6)11-4-9(13-8)10(14)5-15-11/h1-3,9-11,13-14H,4-5H2/t9-,10+,11-/m1/s1. The van der Waals surface area contributed by atoms with Crippen LogP contribution < -0.4 is 5.32 Å². The summed E-state index contributed by atoms with van der Waals surface area (Å²) in [4.78, 5) is 0. The molecule has 0 spiro atoms. The highest BCUT2D eigenvalue weighted by molar-refractivity contribution is 6.30. The largest absolute Gasteiger partial charge is 0.389 e. The molecule has 1 fully saturated rings. The first-order valence-corrected chi connectivity index (χ1v) is 5.47. The molecule has 80 valence electrons. The Bertz CT molecular complexity index is 396. The minimum atomic E-state index is -0.412. The summed E-state index contributed by atoms with van der Waals surface area (Å²) in [7, 11) is 0. The third-order valence-electron chi connectivity index (χ3n) is 3.10. The molecule has 2 bridgehead atoms. The van der Waals surface area contributed by atoms with Crippen LogP contribution in [-0.2, 0) is 4.74 Å². The lowest BCUT2D eigenvalue weighted by Crippen LogP contribution is -2.45. The average molecular weight is 226 g/mol. The second kappa shape index (κ2) is 3.37. The Morgan fingerprint density at radius 2 is 2.33 bits per heavy atom. The van der Waals surface area contributed by atoms with Crippen molar-refractivity contribution < 1.29 is 9.84 Å². The van der Waals surface area contributed by atoms with Gasteiger partial charge >= 0.3 is 0 Å². The Hall–Kier alpha value is -0.770. The van der Waals surface area contributed by atoms with E-state index < -0.39 is 6.10 Å². The molecule has 0 aliphatic carbocycles. The van der Waals surface area contributed by atoms with Gasteiger partial charge in [-0.3, -0.25) is 0 Å². The van der Waals surface area contributed by atoms with Crippen molar-refractivity contribution in [3.63, 3.8) is 0 Å². The molecule has 15 heavy (non-hydrogen) atoms. The zero-order chi connectivity index (χ0) is 10.4. The van der Waals surface area contributed by atoms with Crippen LogP contribution in [0.2, 0.25) is 5.02 Å². The molecule has 0 saturated carbocycles. The lowest BCUT2D eigenvalue weighted by atomic mass is 9.90. The molecule has 2 N–H and O–H groups in total. The summed E-state index contributed by atoms with van der Waals surface area (Å²) in [6.45, 7) is 0.397. The lowest BCUT2D eigenvalue weighted by molar-refractivity contribution is -0.0672. The first-order valence-electron chi connectivity index (χ1n) is 5.10. The summed E-state index contributed by atoms with van der Waals surface area (Å²) < 4.78 is 5.59. The second-order valence-corrected chi connectivity index (χ2v) is 4.54. The van der Waals surface area contributed by atoms with Gasteiger partial charge in [0.05, 0.1) is 24.9 Å². The van der Waals surface area contributed by atoms with E-state index in [-0.39, 0.29) is 12.1 Å². The fraction of sp³-hybridized carbons (Fsp3) is 0.455. The number of nitrogens with one attached hydrogen (secondary N) is 1. The van der Waals surface area contributed by atoms with Crippen LogP contribution in [0.5, 0.6) is 0 Å². The van der Waals surface area contributed by atoms with Crippen molar-refractivity contribution in [3.05, 3.63) is 28.8 Å². The van der Waals surface area contributed by atoms with Gasteiger partial charge in [-0.25, -0.2) is 0 Å². The summed E-state index contributed by atoms with van der Waals surface area (Å²) in [5.74, 6) is 0. The van der Waals surface area contributed by atoms with Crippen molar-refractivity contribution >= 4 is 17.3 Å². The molecule has 4 heteroatoms. The summed E-state index contributed by atoms with van der Waals surface area (Å²) in [5.41, 5.74) is 2.13. The number of fused-ring (bicyclic) bond motifs is 4. The van der Waals surface area contributed by atoms with E-state index in [0.717, 1.165) is 22.7 Å². The molecule has 0 amide bonds. The molecule has 0 unspecified atom stereocenters. The molecular weight excluding hydrogens is 214 g/mol. The van der Waals surface area contributed by atoms with E-state index in [1.165, 1.54) is 0 Å². The van der Waals surface area contributed by atoms with Crippen molar-refractivity contribution in [2.45, 2.75) is 24.7 Å². The number of aliphatic hydroxyl groups is 1. The normalized spacial score (nSPS) is 33.1. The van der Waals surface area contributed by atoms with Gasteiger partial charge in [0.1, 0.15) is 0 Å². The van der Waals surface area contributed by atoms with Gasteiger partial charge in [-0.1, -0.05) is 11.6 Å². The second-order valence-electron chi connectivity index (χ2n) is 4.11. The van der Waals surface area contributed by atoms with E-state index in [1.807, 2.05) is 18.2 Å². The number of benzene rings is 1. The molecule has 3 atom stereocenters.